The number of hydrogen-bond acceptors (Lipinski definition) is 8. The van der Waals surface area contributed by atoms with Gasteiger partial charge >= 0.3 is 11.9 Å². The van der Waals surface area contributed by atoms with Crippen LogP contribution in [0.15, 0.2) is 130 Å². The summed E-state index contributed by atoms with van der Waals surface area (Å²) >= 11 is 0. The van der Waals surface area contributed by atoms with Crippen LogP contribution >= 0.6 is 0 Å². The van der Waals surface area contributed by atoms with E-state index in [-0.39, 0.29) is 29.1 Å². The number of rotatable bonds is 21. The second-order valence-electron chi connectivity index (χ2n) is 16.3. The number of aliphatic carboxylic acids is 1. The zero-order valence-electron chi connectivity index (χ0n) is 38.9. The number of allylic oxidation sites excluding steroid dienone is 21. The fourth-order valence-corrected chi connectivity index (χ4v) is 6.28. The summed E-state index contributed by atoms with van der Waals surface area (Å²) in [5.74, 6) is -1.13. The van der Waals surface area contributed by atoms with Gasteiger partial charge in [-0.25, -0.2) is 0 Å². The van der Waals surface area contributed by atoms with E-state index in [1.165, 1.54) is 0 Å². The highest BCUT2D eigenvalue weighted by Gasteiger charge is 2.39. The first-order chi connectivity index (χ1) is 28.6. The van der Waals surface area contributed by atoms with Gasteiger partial charge in [0.05, 0.1) is 0 Å². The molecule has 2 N–H and O–H groups in total. The van der Waals surface area contributed by atoms with E-state index < -0.39 is 18.2 Å². The molecule has 1 aliphatic carbocycles. The number of carbonyl (C=O) groups excluding carboxylic acids is 4. The molecule has 0 aromatic rings. The topological polar surface area (TPSA) is 161 Å². The minimum Gasteiger partial charge on any atom is -0.483 e. The third-order valence-electron chi connectivity index (χ3n) is 9.34. The maximum atomic E-state index is 13.0. The number of hydrogen-bond donors (Lipinski definition) is 2. The summed E-state index contributed by atoms with van der Waals surface area (Å²) in [4.78, 5) is 65.0. The van der Waals surface area contributed by atoms with E-state index in [0.717, 1.165) is 45.4 Å². The van der Waals surface area contributed by atoms with Gasteiger partial charge in [-0.2, -0.15) is 0 Å². The quantitative estimate of drug-likeness (QED) is 0.0646. The van der Waals surface area contributed by atoms with Gasteiger partial charge in [-0.3, -0.25) is 28.8 Å². The Morgan fingerprint density at radius 2 is 1.26 bits per heavy atom. The van der Waals surface area contributed by atoms with Gasteiger partial charge in [0.1, 0.15) is 0 Å². The first-order valence-corrected chi connectivity index (χ1v) is 20.6. The lowest BCUT2D eigenvalue weighted by Crippen LogP contribution is -2.38. The molecular formula is C51H72O10. The Morgan fingerprint density at radius 3 is 1.69 bits per heavy atom. The molecule has 1 rings (SSSR count). The Kier molecular flexibility index (Phi) is 29.4. The molecule has 0 aromatic heterocycles. The molecule has 0 saturated heterocycles. The van der Waals surface area contributed by atoms with Crippen LogP contribution in [0.2, 0.25) is 0 Å². The Bertz CT molecular complexity index is 1810. The van der Waals surface area contributed by atoms with E-state index in [1.807, 2.05) is 118 Å². The third-order valence-corrected chi connectivity index (χ3v) is 9.34. The van der Waals surface area contributed by atoms with Crippen molar-refractivity contribution in [1.82, 2.24) is 0 Å². The molecule has 0 radical (unpaired) electrons. The lowest BCUT2D eigenvalue weighted by Gasteiger charge is -2.36. The zero-order chi connectivity index (χ0) is 47.2. The van der Waals surface area contributed by atoms with Gasteiger partial charge < -0.3 is 19.7 Å². The second kappa shape index (κ2) is 31.3. The smallest absolute Gasteiger partial charge is 0.306 e. The van der Waals surface area contributed by atoms with Crippen LogP contribution in [0.3, 0.4) is 0 Å². The summed E-state index contributed by atoms with van der Waals surface area (Å²) in [6.07, 6.45) is 30.6. The largest absolute Gasteiger partial charge is 0.483 e. The maximum Gasteiger partial charge on any atom is 0.306 e. The molecule has 2 atom stereocenters. The highest BCUT2D eigenvalue weighted by Crippen LogP contribution is 2.41. The molecule has 0 aliphatic heterocycles. The molecule has 0 fully saturated rings. The van der Waals surface area contributed by atoms with Crippen LogP contribution in [-0.4, -0.2) is 59.4 Å². The summed E-state index contributed by atoms with van der Waals surface area (Å²) in [5, 5.41) is 14.8. The van der Waals surface area contributed by atoms with E-state index in [9.17, 15) is 24.0 Å². The van der Waals surface area contributed by atoms with E-state index >= 15 is 0 Å². The first-order valence-electron chi connectivity index (χ1n) is 20.6. The van der Waals surface area contributed by atoms with Crippen molar-refractivity contribution >= 4 is 37.0 Å². The monoisotopic (exact) mass is 845 g/mol. The van der Waals surface area contributed by atoms with Crippen LogP contribution in [0.25, 0.3) is 0 Å². The fraction of sp³-hybridized carbons (Fsp3) is 0.451. The van der Waals surface area contributed by atoms with Gasteiger partial charge in [-0.15, -0.1) is 0 Å². The Labute approximate surface area is 365 Å². The van der Waals surface area contributed by atoms with Crippen LogP contribution in [0, 0.1) is 10.8 Å². The van der Waals surface area contributed by atoms with Crippen molar-refractivity contribution in [2.24, 2.45) is 10.8 Å². The molecule has 0 amide bonds. The normalized spacial score (nSPS) is 16.9. The molecule has 61 heavy (non-hydrogen) atoms. The van der Waals surface area contributed by atoms with E-state index in [4.69, 9.17) is 24.5 Å². The van der Waals surface area contributed by atoms with E-state index in [1.54, 1.807) is 0 Å². The van der Waals surface area contributed by atoms with Crippen molar-refractivity contribution in [3.63, 3.8) is 0 Å². The van der Waals surface area contributed by atoms with E-state index in [2.05, 4.69) is 57.2 Å². The van der Waals surface area contributed by atoms with Crippen molar-refractivity contribution in [2.45, 2.75) is 141 Å². The molecule has 336 valence electrons. The summed E-state index contributed by atoms with van der Waals surface area (Å²) in [7, 11) is 0. The fourth-order valence-electron chi connectivity index (χ4n) is 6.28. The Morgan fingerprint density at radius 1 is 0.787 bits per heavy atom. The van der Waals surface area contributed by atoms with Gasteiger partial charge in [0, 0.05) is 25.7 Å². The molecule has 2 unspecified atom stereocenters. The number of Topliss-reactive ketones (excluding diaryl/α,β-unsaturated/α-hetero) is 1. The summed E-state index contributed by atoms with van der Waals surface area (Å²) in [6.45, 7) is 26.2. The number of ether oxygens (including phenoxy) is 2. The summed E-state index contributed by atoms with van der Waals surface area (Å²) in [6, 6.07) is 0. The molecule has 10 heteroatoms. The van der Waals surface area contributed by atoms with Crippen molar-refractivity contribution < 1.29 is 48.5 Å². The van der Waals surface area contributed by atoms with Crippen LogP contribution in [-0.2, 0) is 38.2 Å². The summed E-state index contributed by atoms with van der Waals surface area (Å²) in [5.41, 5.74) is 7.57. The predicted molar refractivity (Wildman–Crippen MR) is 247 cm³/mol. The number of carboxylic acid groups (broad SMARTS) is 2. The molecular weight excluding hydrogens is 773 g/mol. The lowest BCUT2D eigenvalue weighted by molar-refractivity contribution is -0.156. The molecule has 1 aliphatic rings. The van der Waals surface area contributed by atoms with Gasteiger partial charge in [0.25, 0.3) is 12.9 Å². The zero-order valence-corrected chi connectivity index (χ0v) is 38.9. The van der Waals surface area contributed by atoms with Crippen molar-refractivity contribution in [2.75, 3.05) is 0 Å². The minimum absolute atomic E-state index is 0.109. The molecule has 0 heterocycles. The molecule has 0 bridgehead atoms. The van der Waals surface area contributed by atoms with Gasteiger partial charge in [0.15, 0.2) is 24.3 Å². The number of carboxylic acids is 1. The molecule has 10 nitrogen and oxygen atoms in total. The van der Waals surface area contributed by atoms with Gasteiger partial charge in [-0.1, -0.05) is 154 Å². The highest BCUT2D eigenvalue weighted by atomic mass is 16.5. The number of esters is 1. The van der Waals surface area contributed by atoms with Crippen LogP contribution < -0.4 is 0 Å². The first kappa shape index (κ1) is 57.5. The number of carbonyl (C=O) groups is 6. The van der Waals surface area contributed by atoms with Gasteiger partial charge in [-0.05, 0) is 88.9 Å². The second-order valence-corrected chi connectivity index (χ2v) is 16.3. The molecule has 0 spiro atoms. The number of ketones is 1. The molecule has 0 saturated carbocycles. The van der Waals surface area contributed by atoms with E-state index in [0.29, 0.717) is 50.4 Å². The van der Waals surface area contributed by atoms with Gasteiger partial charge in [0.2, 0.25) is 0 Å². The predicted octanol–water partition coefficient (Wildman–Crippen LogP) is 11.6. The van der Waals surface area contributed by atoms with Crippen LogP contribution in [0.4, 0.5) is 0 Å². The van der Waals surface area contributed by atoms with Crippen molar-refractivity contribution in [3.8, 4) is 0 Å². The van der Waals surface area contributed by atoms with Crippen LogP contribution in [0.5, 0.6) is 0 Å². The number of aldehydes is 1. The lowest BCUT2D eigenvalue weighted by atomic mass is 9.71. The molecule has 0 aromatic carbocycles. The average molecular weight is 845 g/mol. The van der Waals surface area contributed by atoms with Crippen molar-refractivity contribution in [1.29, 1.82) is 0 Å². The summed E-state index contributed by atoms with van der Waals surface area (Å²) < 4.78 is 10.4. The standard InChI is InChI=1S/C46H62O6.C4H8O2.CH2O2/c1-13-18-43(49)52-42-30-46(11,12)41(38(8)44(42)50)28-26-37(7)24-17-22-35(5)20-15-14-19-34(4)21-16-23-36(6)25-27-40(33(2)3)45(9,10)29-39(31-47)51-32-48;1-2-3-4(5)6;2-1-3/h14-17,19-28,31-32,39,42H,13,18,29-30H2,1-12H3;2-3H2,1H3,(H,5,6);1H,(H,2,3)/b15-14+,21-16+,22-17+,27-25+,28-26+,34-19+,35-20+,36-23+,37-24+;;. The maximum absolute atomic E-state index is 13.0. The minimum atomic E-state index is -0.770. The Balaban J connectivity index is 0. The third kappa shape index (κ3) is 25.6. The van der Waals surface area contributed by atoms with Crippen molar-refractivity contribution in [3.05, 3.63) is 130 Å². The highest BCUT2D eigenvalue weighted by molar-refractivity contribution is 6.01. The SMILES string of the molecule is CCCC(=O)O.CCCC(=O)OC1CC(C)(C)C(/C=C/C(C)=C/C=C/C(C)=C/C=C/C=C(C)/C=C/C=C(C)/C=C/C(=C(C)C)C(C)(C)CC(C=O)OC=O)=C(C)C1=O.O=CO. The van der Waals surface area contributed by atoms with Crippen LogP contribution in [0.1, 0.15) is 129 Å². The Hall–Kier alpha value is -5.64. The average Bonchev–Trinajstić information content (AvgIpc) is 3.15.